The van der Waals surface area contributed by atoms with Crippen LogP contribution in [-0.2, 0) is 10.9 Å². The van der Waals surface area contributed by atoms with Crippen molar-refractivity contribution >= 4 is 27.5 Å². The van der Waals surface area contributed by atoms with Crippen LogP contribution >= 0.6 is 0 Å². The fraction of sp³-hybridized carbons (Fsp3) is 0.542. The highest BCUT2D eigenvalue weighted by Crippen LogP contribution is 2.37. The van der Waals surface area contributed by atoms with Crippen molar-refractivity contribution in [2.24, 2.45) is 0 Å². The molecule has 2 aromatic rings. The van der Waals surface area contributed by atoms with E-state index >= 15 is 0 Å². The molecule has 140 valence electrons. The van der Waals surface area contributed by atoms with Crippen LogP contribution in [0.4, 0.5) is 0 Å². The summed E-state index contributed by atoms with van der Waals surface area (Å²) in [6, 6.07) is 0. The van der Waals surface area contributed by atoms with E-state index in [4.69, 9.17) is 0 Å². The van der Waals surface area contributed by atoms with E-state index in [0.717, 1.165) is 11.3 Å². The summed E-state index contributed by atoms with van der Waals surface area (Å²) < 4.78 is 0. The number of carbonyl (C=O) groups excluding carboxylic acids is 1. The molecular weight excluding hydrogens is 336 g/mol. The SMILES string of the molecule is Cc1c(C)c(C)c2c(C(=O)C[S+]3CCCCC3)c(C)c(C)c(C)c2c1C. The van der Waals surface area contributed by atoms with Gasteiger partial charge >= 0.3 is 0 Å². The highest BCUT2D eigenvalue weighted by Gasteiger charge is 2.29. The fourth-order valence-electron chi connectivity index (χ4n) is 4.58. The van der Waals surface area contributed by atoms with Crippen molar-refractivity contribution in [3.8, 4) is 0 Å². The van der Waals surface area contributed by atoms with Gasteiger partial charge < -0.3 is 0 Å². The third kappa shape index (κ3) is 3.11. The minimum absolute atomic E-state index is 0.290. The number of carbonyl (C=O) groups is 1. The average molecular weight is 370 g/mol. The molecule has 0 atom stereocenters. The van der Waals surface area contributed by atoms with Crippen molar-refractivity contribution in [2.75, 3.05) is 17.3 Å². The van der Waals surface area contributed by atoms with Crippen molar-refractivity contribution in [3.05, 3.63) is 44.5 Å². The first-order valence-electron chi connectivity index (χ1n) is 9.92. The Kier molecular flexibility index (Phi) is 5.53. The third-order valence-corrected chi connectivity index (χ3v) is 9.20. The fourth-order valence-corrected chi connectivity index (χ4v) is 6.81. The van der Waals surface area contributed by atoms with Crippen LogP contribution in [0.2, 0.25) is 0 Å². The molecule has 0 spiro atoms. The van der Waals surface area contributed by atoms with Crippen LogP contribution in [0.15, 0.2) is 0 Å². The lowest BCUT2D eigenvalue weighted by molar-refractivity contribution is 0.102. The van der Waals surface area contributed by atoms with Crippen LogP contribution in [0.1, 0.15) is 68.6 Å². The van der Waals surface area contributed by atoms with Crippen molar-refractivity contribution < 1.29 is 4.79 Å². The Bertz CT molecular complexity index is 877. The van der Waals surface area contributed by atoms with Crippen LogP contribution in [0.25, 0.3) is 10.8 Å². The summed E-state index contributed by atoms with van der Waals surface area (Å²) in [5.74, 6) is 3.64. The predicted molar refractivity (Wildman–Crippen MR) is 117 cm³/mol. The minimum atomic E-state index is 0.290. The van der Waals surface area contributed by atoms with Gasteiger partial charge in [-0.2, -0.15) is 0 Å². The van der Waals surface area contributed by atoms with E-state index in [9.17, 15) is 4.79 Å². The van der Waals surface area contributed by atoms with Crippen LogP contribution in [0, 0.1) is 48.5 Å². The van der Waals surface area contributed by atoms with Crippen LogP contribution in [0.5, 0.6) is 0 Å². The molecule has 2 aromatic carbocycles. The van der Waals surface area contributed by atoms with Gasteiger partial charge in [0, 0.05) is 5.56 Å². The molecule has 0 radical (unpaired) electrons. The predicted octanol–water partition coefficient (Wildman–Crippen LogP) is 5.98. The van der Waals surface area contributed by atoms with Gasteiger partial charge in [0.25, 0.3) is 0 Å². The van der Waals surface area contributed by atoms with E-state index in [2.05, 4.69) is 48.5 Å². The van der Waals surface area contributed by atoms with Gasteiger partial charge in [0.1, 0.15) is 11.5 Å². The lowest BCUT2D eigenvalue weighted by Gasteiger charge is -2.22. The molecule has 2 heteroatoms. The highest BCUT2D eigenvalue weighted by molar-refractivity contribution is 7.97. The number of hydrogen-bond acceptors (Lipinski definition) is 1. The first-order valence-corrected chi connectivity index (χ1v) is 11.7. The smallest absolute Gasteiger partial charge is 0.212 e. The van der Waals surface area contributed by atoms with Gasteiger partial charge in [0.15, 0.2) is 5.75 Å². The van der Waals surface area contributed by atoms with E-state index in [-0.39, 0.29) is 0 Å². The van der Waals surface area contributed by atoms with Crippen molar-refractivity contribution in [1.82, 2.24) is 0 Å². The Morgan fingerprint density at radius 3 is 1.65 bits per heavy atom. The summed E-state index contributed by atoms with van der Waals surface area (Å²) in [5, 5.41) is 2.56. The number of aryl methyl sites for hydroxylation is 3. The molecule has 0 aromatic heterocycles. The van der Waals surface area contributed by atoms with E-state index in [0.29, 0.717) is 16.7 Å². The number of rotatable bonds is 3. The molecule has 3 rings (SSSR count). The molecular formula is C24H33OS+. The lowest BCUT2D eigenvalue weighted by atomic mass is 9.82. The Morgan fingerprint density at radius 1 is 0.654 bits per heavy atom. The average Bonchev–Trinajstić information content (AvgIpc) is 2.63. The highest BCUT2D eigenvalue weighted by atomic mass is 32.2. The molecule has 26 heavy (non-hydrogen) atoms. The van der Waals surface area contributed by atoms with Gasteiger partial charge in [-0.25, -0.2) is 0 Å². The van der Waals surface area contributed by atoms with Crippen LogP contribution in [-0.4, -0.2) is 23.0 Å². The van der Waals surface area contributed by atoms with E-state index < -0.39 is 0 Å². The van der Waals surface area contributed by atoms with E-state index in [1.54, 1.807) is 0 Å². The molecule has 0 amide bonds. The molecule has 0 saturated carbocycles. The van der Waals surface area contributed by atoms with Crippen molar-refractivity contribution in [1.29, 1.82) is 0 Å². The first-order chi connectivity index (χ1) is 12.3. The van der Waals surface area contributed by atoms with Gasteiger partial charge in [-0.3, -0.25) is 4.79 Å². The number of benzene rings is 2. The zero-order valence-corrected chi connectivity index (χ0v) is 18.4. The normalized spacial score (nSPS) is 15.7. The Balaban J connectivity index is 2.25. The molecule has 1 heterocycles. The molecule has 1 aliphatic heterocycles. The molecule has 1 aliphatic rings. The molecule has 1 fully saturated rings. The standard InChI is InChI=1S/C24H33OS/c1-14-15(2)20(7)24-22(17(14)4)18(5)16(3)19(6)23(24)21(25)13-26-11-9-8-10-12-26/h8-13H2,1-7H3/q+1. The summed E-state index contributed by atoms with van der Waals surface area (Å²) in [6.07, 6.45) is 3.96. The van der Waals surface area contributed by atoms with Gasteiger partial charge in [0.05, 0.1) is 0 Å². The topological polar surface area (TPSA) is 17.1 Å². The van der Waals surface area contributed by atoms with Crippen LogP contribution < -0.4 is 0 Å². The Labute approximate surface area is 161 Å². The van der Waals surface area contributed by atoms with Gasteiger partial charge in [-0.15, -0.1) is 0 Å². The van der Waals surface area contributed by atoms with Crippen LogP contribution in [0.3, 0.4) is 0 Å². The van der Waals surface area contributed by atoms with Gasteiger partial charge in [0.2, 0.25) is 5.78 Å². The summed E-state index contributed by atoms with van der Waals surface area (Å²) in [7, 11) is 0.290. The summed E-state index contributed by atoms with van der Waals surface area (Å²) in [6.45, 7) is 15.4. The molecule has 1 saturated heterocycles. The largest absolute Gasteiger partial charge is 0.289 e. The van der Waals surface area contributed by atoms with Gasteiger partial charge in [-0.05, 0) is 128 Å². The maximum absolute atomic E-state index is 13.5. The lowest BCUT2D eigenvalue weighted by Crippen LogP contribution is -2.26. The monoisotopic (exact) mass is 369 g/mol. The summed E-state index contributed by atoms with van der Waals surface area (Å²) >= 11 is 0. The molecule has 0 bridgehead atoms. The van der Waals surface area contributed by atoms with Crippen molar-refractivity contribution in [2.45, 2.75) is 67.7 Å². The zero-order valence-electron chi connectivity index (χ0n) is 17.6. The summed E-state index contributed by atoms with van der Waals surface area (Å²) in [5.41, 5.74) is 10.2. The zero-order chi connectivity index (χ0) is 19.2. The summed E-state index contributed by atoms with van der Waals surface area (Å²) in [4.78, 5) is 13.5. The van der Waals surface area contributed by atoms with E-state index in [1.807, 2.05) is 0 Å². The third-order valence-electron chi connectivity index (χ3n) is 6.79. The maximum Gasteiger partial charge on any atom is 0.212 e. The number of hydrogen-bond donors (Lipinski definition) is 0. The number of fused-ring (bicyclic) bond motifs is 1. The molecule has 0 unspecified atom stereocenters. The number of ketones is 1. The molecule has 1 nitrogen and oxygen atoms in total. The Morgan fingerprint density at radius 2 is 1.12 bits per heavy atom. The molecule has 0 N–H and O–H groups in total. The second-order valence-corrected chi connectivity index (χ2v) is 10.5. The van der Waals surface area contributed by atoms with Gasteiger partial charge in [-0.1, -0.05) is 0 Å². The van der Waals surface area contributed by atoms with Crippen molar-refractivity contribution in [3.63, 3.8) is 0 Å². The minimum Gasteiger partial charge on any atom is -0.289 e. The first kappa shape index (κ1) is 19.5. The molecule has 0 aliphatic carbocycles. The van der Waals surface area contributed by atoms with E-state index in [1.165, 1.54) is 80.5 Å². The quantitative estimate of drug-likeness (QED) is 0.480. The Hall–Kier alpha value is -1.28. The maximum atomic E-state index is 13.5. The second kappa shape index (κ2) is 7.38. The number of Topliss-reactive ketones (excluding diaryl/α,β-unsaturated/α-hetero) is 1. The second-order valence-electron chi connectivity index (χ2n) is 8.15.